The topological polar surface area (TPSA) is 38.8 Å². The fraction of sp³-hybridized carbons (Fsp3) is 0.286. The zero-order valence-corrected chi connectivity index (χ0v) is 24.8. The summed E-state index contributed by atoms with van der Waals surface area (Å²) in [7, 11) is -2.63. The molecule has 40 heavy (non-hydrogen) atoms. The molecule has 0 atom stereocenters. The molecule has 1 amide bonds. The Labute approximate surface area is 239 Å². The summed E-state index contributed by atoms with van der Waals surface area (Å²) in [4.78, 5) is 15.4. The molecule has 0 saturated heterocycles. The van der Waals surface area contributed by atoms with Crippen LogP contribution in [0.5, 0.6) is 5.75 Å². The third-order valence-corrected chi connectivity index (χ3v) is 12.9. The summed E-state index contributed by atoms with van der Waals surface area (Å²) in [6.07, 6.45) is 1.22. The Morgan fingerprint density at radius 3 is 1.98 bits per heavy atom. The van der Waals surface area contributed by atoms with E-state index in [1.807, 2.05) is 35.2 Å². The second kappa shape index (κ2) is 12.2. The molecule has 0 radical (unpaired) electrons. The van der Waals surface area contributed by atoms with E-state index < -0.39 is 8.32 Å². The number of carbonyl (C=O) groups excluding carboxylic acids is 1. The molecule has 5 rings (SSSR count). The Balaban J connectivity index is 1.29. The molecule has 1 aliphatic rings. The van der Waals surface area contributed by atoms with Crippen LogP contribution in [0.4, 0.5) is 0 Å². The quantitative estimate of drug-likeness (QED) is 0.249. The van der Waals surface area contributed by atoms with Gasteiger partial charge in [0, 0.05) is 13.1 Å². The molecule has 0 N–H and O–H groups in total. The van der Waals surface area contributed by atoms with Gasteiger partial charge in [0.15, 0.2) is 0 Å². The maximum Gasteiger partial charge on any atom is 0.261 e. The summed E-state index contributed by atoms with van der Waals surface area (Å²) >= 11 is 0. The third kappa shape index (κ3) is 6.06. The van der Waals surface area contributed by atoms with Gasteiger partial charge in [-0.3, -0.25) is 4.79 Å². The van der Waals surface area contributed by atoms with Crippen molar-refractivity contribution in [1.82, 2.24) is 4.90 Å². The van der Waals surface area contributed by atoms with E-state index in [0.717, 1.165) is 23.3 Å². The van der Waals surface area contributed by atoms with Crippen molar-refractivity contribution in [3.63, 3.8) is 0 Å². The van der Waals surface area contributed by atoms with E-state index in [0.29, 0.717) is 32.7 Å². The molecule has 0 saturated carbocycles. The predicted molar refractivity (Wildman–Crippen MR) is 165 cm³/mol. The Morgan fingerprint density at radius 1 is 0.775 bits per heavy atom. The number of carbonyl (C=O) groups is 1. The summed E-state index contributed by atoms with van der Waals surface area (Å²) in [5.41, 5.74) is 3.40. The van der Waals surface area contributed by atoms with Crippen molar-refractivity contribution in [2.24, 2.45) is 0 Å². The Bertz CT molecular complexity index is 1360. The maximum atomic E-state index is 13.4. The molecule has 4 aromatic rings. The van der Waals surface area contributed by atoms with Crippen LogP contribution in [0.25, 0.3) is 0 Å². The van der Waals surface area contributed by atoms with E-state index >= 15 is 0 Å². The summed E-state index contributed by atoms with van der Waals surface area (Å²) in [5.74, 6) is 0.948. The molecule has 206 valence electrons. The Hall–Kier alpha value is -3.67. The number of hydrogen-bond donors (Lipinski definition) is 0. The van der Waals surface area contributed by atoms with E-state index in [4.69, 9.17) is 9.16 Å². The molecule has 1 aliphatic heterocycles. The third-order valence-electron chi connectivity index (χ3n) is 7.87. The lowest BCUT2D eigenvalue weighted by molar-refractivity contribution is -0.130. The lowest BCUT2D eigenvalue weighted by Gasteiger charge is -2.43. The Morgan fingerprint density at radius 2 is 1.38 bits per heavy atom. The molecule has 4 aromatic carbocycles. The molecule has 0 unspecified atom stereocenters. The van der Waals surface area contributed by atoms with Crippen LogP contribution >= 0.6 is 0 Å². The number of ether oxygens (including phenoxy) is 1. The number of amides is 1. The van der Waals surface area contributed by atoms with Crippen LogP contribution in [-0.4, -0.2) is 38.8 Å². The average Bonchev–Trinajstić information content (AvgIpc) is 3.12. The fourth-order valence-electron chi connectivity index (χ4n) is 5.80. The Kier molecular flexibility index (Phi) is 8.53. The smallest absolute Gasteiger partial charge is 0.261 e. The predicted octanol–water partition coefficient (Wildman–Crippen LogP) is 5.77. The van der Waals surface area contributed by atoms with Crippen LogP contribution in [0.1, 0.15) is 37.5 Å². The molecule has 0 spiro atoms. The van der Waals surface area contributed by atoms with Crippen molar-refractivity contribution >= 4 is 24.6 Å². The first-order valence-corrected chi connectivity index (χ1v) is 16.1. The van der Waals surface area contributed by atoms with Crippen LogP contribution < -0.4 is 15.1 Å². The molecule has 1 heterocycles. The van der Waals surface area contributed by atoms with Crippen LogP contribution in [0, 0.1) is 0 Å². The van der Waals surface area contributed by atoms with Gasteiger partial charge in [-0.2, -0.15) is 0 Å². The number of benzene rings is 4. The van der Waals surface area contributed by atoms with Gasteiger partial charge in [0.05, 0.1) is 13.0 Å². The molecular formula is C35H39NO3Si. The van der Waals surface area contributed by atoms with Gasteiger partial charge in [0.1, 0.15) is 12.4 Å². The van der Waals surface area contributed by atoms with Crippen molar-refractivity contribution in [3.8, 4) is 5.75 Å². The van der Waals surface area contributed by atoms with Crippen LogP contribution in [0.15, 0.2) is 109 Å². The maximum absolute atomic E-state index is 13.4. The number of rotatable bonds is 9. The number of fused-ring (bicyclic) bond motifs is 1. The molecule has 0 bridgehead atoms. The zero-order chi connectivity index (χ0) is 28.0. The van der Waals surface area contributed by atoms with Crippen molar-refractivity contribution in [1.29, 1.82) is 0 Å². The van der Waals surface area contributed by atoms with Gasteiger partial charge in [-0.05, 0) is 50.7 Å². The highest BCUT2D eigenvalue weighted by Gasteiger charge is 2.50. The van der Waals surface area contributed by atoms with Crippen LogP contribution in [0.3, 0.4) is 0 Å². The minimum Gasteiger partial charge on any atom is -0.489 e. The lowest BCUT2D eigenvalue weighted by Crippen LogP contribution is -2.67. The summed E-state index contributed by atoms with van der Waals surface area (Å²) < 4.78 is 13.1. The largest absolute Gasteiger partial charge is 0.489 e. The minimum atomic E-state index is -2.63. The van der Waals surface area contributed by atoms with E-state index in [1.54, 1.807) is 0 Å². The fourth-order valence-corrected chi connectivity index (χ4v) is 10.4. The van der Waals surface area contributed by atoms with Crippen molar-refractivity contribution in [3.05, 3.63) is 126 Å². The van der Waals surface area contributed by atoms with Crippen molar-refractivity contribution < 1.29 is 14.0 Å². The van der Waals surface area contributed by atoms with E-state index in [-0.39, 0.29) is 10.9 Å². The molecule has 0 fully saturated rings. The first kappa shape index (κ1) is 27.9. The average molecular weight is 550 g/mol. The first-order valence-electron chi connectivity index (χ1n) is 14.2. The lowest BCUT2D eigenvalue weighted by atomic mass is 10.0. The summed E-state index contributed by atoms with van der Waals surface area (Å²) in [6.45, 7) is 9.13. The van der Waals surface area contributed by atoms with Gasteiger partial charge in [-0.1, -0.05) is 118 Å². The standard InChI is InChI=1S/C35H39NO3Si/c1-35(2,3)40(32-15-9-5-10-16-32,33-17-11-6-12-18-33)39-24-23-36-22-21-29-19-20-31(25-30(29)26-34(36)37)38-27-28-13-7-4-8-14-28/h4-20,25H,21-24,26-27H2,1-3H3. The summed E-state index contributed by atoms with van der Waals surface area (Å²) in [6, 6.07) is 37.7. The van der Waals surface area contributed by atoms with E-state index in [1.165, 1.54) is 15.9 Å². The molecule has 4 nitrogen and oxygen atoms in total. The number of nitrogens with zero attached hydrogens (tertiary/aromatic N) is 1. The van der Waals surface area contributed by atoms with Crippen LogP contribution in [0.2, 0.25) is 5.04 Å². The molecule has 0 aliphatic carbocycles. The van der Waals surface area contributed by atoms with Crippen molar-refractivity contribution in [2.75, 3.05) is 19.7 Å². The van der Waals surface area contributed by atoms with Crippen molar-refractivity contribution in [2.45, 2.75) is 45.3 Å². The van der Waals surface area contributed by atoms with E-state index in [9.17, 15) is 4.79 Å². The van der Waals surface area contributed by atoms with Gasteiger partial charge < -0.3 is 14.1 Å². The first-order chi connectivity index (χ1) is 19.4. The number of hydrogen-bond acceptors (Lipinski definition) is 3. The van der Waals surface area contributed by atoms with Crippen LogP contribution in [-0.2, 0) is 28.7 Å². The van der Waals surface area contributed by atoms with Gasteiger partial charge in [0.25, 0.3) is 8.32 Å². The highest BCUT2D eigenvalue weighted by Crippen LogP contribution is 2.36. The summed E-state index contributed by atoms with van der Waals surface area (Å²) in [5, 5.41) is 2.42. The zero-order valence-electron chi connectivity index (χ0n) is 23.8. The minimum absolute atomic E-state index is 0.0924. The molecule has 0 aromatic heterocycles. The highest BCUT2D eigenvalue weighted by molar-refractivity contribution is 6.99. The van der Waals surface area contributed by atoms with E-state index in [2.05, 4.69) is 99.6 Å². The SMILES string of the molecule is CC(C)(C)[Si](OCCN1CCc2ccc(OCc3ccccc3)cc2CC1=O)(c1ccccc1)c1ccccc1. The molecular weight excluding hydrogens is 510 g/mol. The van der Waals surface area contributed by atoms with Gasteiger partial charge in [-0.15, -0.1) is 0 Å². The second-order valence-corrected chi connectivity index (χ2v) is 15.8. The van der Waals surface area contributed by atoms with Gasteiger partial charge in [0.2, 0.25) is 5.91 Å². The highest BCUT2D eigenvalue weighted by atomic mass is 28.4. The molecule has 5 heteroatoms. The van der Waals surface area contributed by atoms with Gasteiger partial charge >= 0.3 is 0 Å². The second-order valence-electron chi connectivity index (χ2n) is 11.5. The monoisotopic (exact) mass is 549 g/mol. The van der Waals surface area contributed by atoms with Gasteiger partial charge in [-0.25, -0.2) is 0 Å². The normalized spacial score (nSPS) is 14.0.